The summed E-state index contributed by atoms with van der Waals surface area (Å²) in [6.45, 7) is 3.04. The van der Waals surface area contributed by atoms with Gasteiger partial charge in [0.15, 0.2) is 0 Å². The van der Waals surface area contributed by atoms with Crippen molar-refractivity contribution < 1.29 is 0 Å². The van der Waals surface area contributed by atoms with Gasteiger partial charge in [-0.3, -0.25) is 0 Å². The van der Waals surface area contributed by atoms with E-state index in [1.807, 2.05) is 0 Å². The van der Waals surface area contributed by atoms with Crippen molar-refractivity contribution >= 4 is 34.6 Å². The van der Waals surface area contributed by atoms with Gasteiger partial charge < -0.3 is 10.6 Å². The average Bonchev–Trinajstić information content (AvgIpc) is 2.94. The molecule has 2 N–H and O–H groups in total. The summed E-state index contributed by atoms with van der Waals surface area (Å²) in [6.07, 6.45) is 2.45. The molecule has 2 nitrogen and oxygen atoms in total. The van der Waals surface area contributed by atoms with Crippen LogP contribution in [0.4, 0.5) is 11.4 Å². The molecule has 1 aliphatic carbocycles. The SMILES string of the molecule is CCN(c1c(Cl)cc(N)cc1Cl)C1CC1. The lowest BCUT2D eigenvalue weighted by atomic mass is 10.2. The highest BCUT2D eigenvalue weighted by Crippen LogP contribution is 2.41. The van der Waals surface area contributed by atoms with E-state index in [1.54, 1.807) is 12.1 Å². The Morgan fingerprint density at radius 2 is 1.87 bits per heavy atom. The van der Waals surface area contributed by atoms with Gasteiger partial charge >= 0.3 is 0 Å². The molecule has 2 rings (SSSR count). The maximum absolute atomic E-state index is 6.17. The van der Waals surface area contributed by atoms with Crippen LogP contribution in [0.3, 0.4) is 0 Å². The predicted molar refractivity (Wildman–Crippen MR) is 66.9 cm³/mol. The van der Waals surface area contributed by atoms with Crippen molar-refractivity contribution in [3.05, 3.63) is 22.2 Å². The summed E-state index contributed by atoms with van der Waals surface area (Å²) in [5.41, 5.74) is 7.21. The van der Waals surface area contributed by atoms with E-state index in [1.165, 1.54) is 12.8 Å². The smallest absolute Gasteiger partial charge is 0.0748 e. The molecule has 0 radical (unpaired) electrons. The molecule has 1 fully saturated rings. The van der Waals surface area contributed by atoms with Gasteiger partial charge in [0, 0.05) is 18.3 Å². The van der Waals surface area contributed by atoms with Crippen molar-refractivity contribution in [2.24, 2.45) is 0 Å². The third-order valence-corrected chi connectivity index (χ3v) is 3.23. The Labute approximate surface area is 100.0 Å². The Bertz CT molecular complexity index is 352. The topological polar surface area (TPSA) is 29.3 Å². The van der Waals surface area contributed by atoms with Gasteiger partial charge in [0.1, 0.15) is 0 Å². The first-order valence-electron chi connectivity index (χ1n) is 5.14. The van der Waals surface area contributed by atoms with Gasteiger partial charge in [-0.2, -0.15) is 0 Å². The second kappa shape index (κ2) is 4.11. The van der Waals surface area contributed by atoms with Crippen LogP contribution < -0.4 is 10.6 Å². The lowest BCUT2D eigenvalue weighted by Crippen LogP contribution is -2.25. The molecule has 15 heavy (non-hydrogen) atoms. The van der Waals surface area contributed by atoms with Gasteiger partial charge in [-0.05, 0) is 31.9 Å². The van der Waals surface area contributed by atoms with E-state index >= 15 is 0 Å². The molecule has 1 aromatic carbocycles. The number of halogens is 2. The van der Waals surface area contributed by atoms with E-state index in [-0.39, 0.29) is 0 Å². The minimum absolute atomic E-state index is 0.605. The number of rotatable bonds is 3. The molecule has 0 aliphatic heterocycles. The van der Waals surface area contributed by atoms with Gasteiger partial charge in [-0.25, -0.2) is 0 Å². The lowest BCUT2D eigenvalue weighted by Gasteiger charge is -2.25. The van der Waals surface area contributed by atoms with Gasteiger partial charge in [0.2, 0.25) is 0 Å². The summed E-state index contributed by atoms with van der Waals surface area (Å²) in [5, 5.41) is 1.29. The Balaban J connectivity index is 2.40. The van der Waals surface area contributed by atoms with Gasteiger partial charge in [-0.15, -0.1) is 0 Å². The Kier molecular flexibility index (Phi) is 2.98. The van der Waals surface area contributed by atoms with E-state index in [4.69, 9.17) is 28.9 Å². The quantitative estimate of drug-likeness (QED) is 0.825. The third kappa shape index (κ3) is 2.16. The van der Waals surface area contributed by atoms with Crippen LogP contribution in [0.25, 0.3) is 0 Å². The molecule has 82 valence electrons. The lowest BCUT2D eigenvalue weighted by molar-refractivity contribution is 0.827. The highest BCUT2D eigenvalue weighted by Gasteiger charge is 2.30. The first kappa shape index (κ1) is 10.9. The van der Waals surface area contributed by atoms with Gasteiger partial charge in [0.05, 0.1) is 15.7 Å². The first-order valence-corrected chi connectivity index (χ1v) is 5.90. The summed E-state index contributed by atoms with van der Waals surface area (Å²) >= 11 is 12.3. The monoisotopic (exact) mass is 244 g/mol. The Morgan fingerprint density at radius 1 is 1.33 bits per heavy atom. The third-order valence-electron chi connectivity index (χ3n) is 2.65. The second-order valence-electron chi connectivity index (χ2n) is 3.85. The second-order valence-corrected chi connectivity index (χ2v) is 4.66. The highest BCUT2D eigenvalue weighted by molar-refractivity contribution is 6.39. The molecule has 1 aliphatic rings. The molecule has 0 aromatic heterocycles. The van der Waals surface area contributed by atoms with E-state index in [0.717, 1.165) is 12.2 Å². The minimum Gasteiger partial charge on any atom is -0.399 e. The molecular weight excluding hydrogens is 231 g/mol. The molecule has 0 spiro atoms. The van der Waals surface area contributed by atoms with Crippen LogP contribution in [0.1, 0.15) is 19.8 Å². The van der Waals surface area contributed by atoms with Gasteiger partial charge in [-0.1, -0.05) is 23.2 Å². The predicted octanol–water partition coefficient (Wildman–Crippen LogP) is 3.56. The maximum Gasteiger partial charge on any atom is 0.0748 e. The van der Waals surface area contributed by atoms with Crippen molar-refractivity contribution in [1.29, 1.82) is 0 Å². The van der Waals surface area contributed by atoms with Gasteiger partial charge in [0.25, 0.3) is 0 Å². The molecule has 0 amide bonds. The van der Waals surface area contributed by atoms with E-state index in [2.05, 4.69) is 11.8 Å². The molecule has 0 saturated heterocycles. The van der Waals surface area contributed by atoms with Crippen LogP contribution in [0.5, 0.6) is 0 Å². The van der Waals surface area contributed by atoms with Crippen molar-refractivity contribution in [2.45, 2.75) is 25.8 Å². The fourth-order valence-corrected chi connectivity index (χ4v) is 2.57. The zero-order valence-electron chi connectivity index (χ0n) is 8.63. The number of hydrogen-bond donors (Lipinski definition) is 1. The molecule has 1 aromatic rings. The van der Waals surface area contributed by atoms with Crippen molar-refractivity contribution in [2.75, 3.05) is 17.2 Å². The number of anilines is 2. The van der Waals surface area contributed by atoms with Crippen LogP contribution in [-0.2, 0) is 0 Å². The molecule has 0 atom stereocenters. The normalized spacial score (nSPS) is 15.4. The molecular formula is C11H14Cl2N2. The zero-order chi connectivity index (χ0) is 11.0. The van der Waals surface area contributed by atoms with Crippen LogP contribution >= 0.6 is 23.2 Å². The summed E-state index contributed by atoms with van der Waals surface area (Å²) in [6, 6.07) is 4.12. The molecule has 4 heteroatoms. The van der Waals surface area contributed by atoms with E-state index in [9.17, 15) is 0 Å². The van der Waals surface area contributed by atoms with Crippen LogP contribution in [-0.4, -0.2) is 12.6 Å². The summed E-state index contributed by atoms with van der Waals surface area (Å²) in [7, 11) is 0. The number of nitrogens with zero attached hydrogens (tertiary/aromatic N) is 1. The molecule has 0 unspecified atom stereocenters. The fraction of sp³-hybridized carbons (Fsp3) is 0.455. The van der Waals surface area contributed by atoms with Crippen molar-refractivity contribution in [1.82, 2.24) is 0 Å². The largest absolute Gasteiger partial charge is 0.399 e. The van der Waals surface area contributed by atoms with E-state index < -0.39 is 0 Å². The zero-order valence-corrected chi connectivity index (χ0v) is 10.1. The maximum atomic E-state index is 6.17. The van der Waals surface area contributed by atoms with E-state index in [0.29, 0.717) is 21.8 Å². The fourth-order valence-electron chi connectivity index (χ4n) is 1.84. The minimum atomic E-state index is 0.605. The summed E-state index contributed by atoms with van der Waals surface area (Å²) in [4.78, 5) is 2.25. The van der Waals surface area contributed by atoms with Crippen molar-refractivity contribution in [3.63, 3.8) is 0 Å². The van der Waals surface area contributed by atoms with Crippen LogP contribution in [0, 0.1) is 0 Å². The first-order chi connectivity index (χ1) is 7.13. The van der Waals surface area contributed by atoms with Crippen LogP contribution in [0.15, 0.2) is 12.1 Å². The summed E-state index contributed by atoms with van der Waals surface area (Å²) < 4.78 is 0. The number of nitrogen functional groups attached to an aromatic ring is 1. The average molecular weight is 245 g/mol. The number of nitrogens with two attached hydrogens (primary N) is 1. The molecule has 0 bridgehead atoms. The van der Waals surface area contributed by atoms with Crippen molar-refractivity contribution in [3.8, 4) is 0 Å². The Morgan fingerprint density at radius 3 is 2.27 bits per heavy atom. The highest BCUT2D eigenvalue weighted by atomic mass is 35.5. The number of benzene rings is 1. The van der Waals surface area contributed by atoms with Crippen LogP contribution in [0.2, 0.25) is 10.0 Å². The standard InChI is InChI=1S/C11H14Cl2N2/c1-2-15(8-3-4-8)11-9(12)5-7(14)6-10(11)13/h5-6,8H,2-4,14H2,1H3. The summed E-state index contributed by atoms with van der Waals surface area (Å²) in [5.74, 6) is 0. The Hall–Kier alpha value is -0.600. The molecule has 1 saturated carbocycles. The number of hydrogen-bond acceptors (Lipinski definition) is 2. The molecule has 0 heterocycles.